The van der Waals surface area contributed by atoms with Crippen molar-refractivity contribution >= 4 is 22.9 Å². The van der Waals surface area contributed by atoms with Crippen LogP contribution in [0.15, 0.2) is 24.3 Å². The standard InChI is InChI=1S/C19H24N4O3/c1-11-7-12-10-23(19(25)26)16(14(12)8-11)9-20-18(24)17-13-5-3-4-6-15(13)22(2)21-17/h3-6,11-12,14,16H,7-10H2,1-2H3,(H,20,24)(H,25,26)/t11?,12-,14-,16+/m0/s1. The second kappa shape index (κ2) is 6.30. The van der Waals surface area contributed by atoms with Crippen LogP contribution in [0.3, 0.4) is 0 Å². The SMILES string of the molecule is CC1C[C@H]2CN(C(=O)O)[C@H](CNC(=O)c3nn(C)c4ccccc34)[C@H]2C1. The number of carbonyl (C=O) groups is 2. The van der Waals surface area contributed by atoms with Gasteiger partial charge in [-0.3, -0.25) is 9.48 Å². The molecule has 1 saturated carbocycles. The Kier molecular flexibility index (Phi) is 4.09. The highest BCUT2D eigenvalue weighted by Gasteiger charge is 2.48. The van der Waals surface area contributed by atoms with Crippen LogP contribution in [0.1, 0.15) is 30.3 Å². The molecule has 2 aliphatic rings. The molecule has 138 valence electrons. The molecule has 7 nitrogen and oxygen atoms in total. The maximum Gasteiger partial charge on any atom is 0.407 e. The van der Waals surface area contributed by atoms with Crippen molar-refractivity contribution in [2.45, 2.75) is 25.8 Å². The molecule has 2 fully saturated rings. The first kappa shape index (κ1) is 16.9. The monoisotopic (exact) mass is 356 g/mol. The van der Waals surface area contributed by atoms with Crippen LogP contribution in [0, 0.1) is 17.8 Å². The summed E-state index contributed by atoms with van der Waals surface area (Å²) in [4.78, 5) is 25.8. The molecule has 1 saturated heterocycles. The Morgan fingerprint density at radius 3 is 2.85 bits per heavy atom. The van der Waals surface area contributed by atoms with Crippen molar-refractivity contribution < 1.29 is 14.7 Å². The first-order valence-corrected chi connectivity index (χ1v) is 9.15. The van der Waals surface area contributed by atoms with Crippen molar-refractivity contribution in [1.29, 1.82) is 0 Å². The summed E-state index contributed by atoms with van der Waals surface area (Å²) >= 11 is 0. The number of fused-ring (bicyclic) bond motifs is 2. The maximum absolute atomic E-state index is 12.7. The number of para-hydroxylation sites is 1. The molecule has 2 heterocycles. The van der Waals surface area contributed by atoms with E-state index in [9.17, 15) is 14.7 Å². The maximum atomic E-state index is 12.7. The minimum absolute atomic E-state index is 0.152. The second-order valence-corrected chi connectivity index (χ2v) is 7.70. The summed E-state index contributed by atoms with van der Waals surface area (Å²) in [5, 5.41) is 17.6. The summed E-state index contributed by atoms with van der Waals surface area (Å²) < 4.78 is 1.69. The molecule has 1 unspecified atom stereocenters. The number of aromatic nitrogens is 2. The number of nitrogens with one attached hydrogen (secondary N) is 1. The number of amides is 2. The van der Waals surface area contributed by atoms with E-state index < -0.39 is 6.09 Å². The van der Waals surface area contributed by atoms with Gasteiger partial charge in [0.2, 0.25) is 0 Å². The van der Waals surface area contributed by atoms with Gasteiger partial charge in [0.05, 0.1) is 11.6 Å². The largest absolute Gasteiger partial charge is 0.465 e. The van der Waals surface area contributed by atoms with Crippen LogP contribution in [0.4, 0.5) is 4.79 Å². The van der Waals surface area contributed by atoms with Crippen LogP contribution < -0.4 is 5.32 Å². The average Bonchev–Trinajstić information content (AvgIpc) is 3.24. The zero-order chi connectivity index (χ0) is 18.4. The van der Waals surface area contributed by atoms with Crippen LogP contribution in [0.2, 0.25) is 0 Å². The van der Waals surface area contributed by atoms with E-state index in [0.29, 0.717) is 36.5 Å². The van der Waals surface area contributed by atoms with E-state index in [0.717, 1.165) is 23.7 Å². The third-order valence-electron chi connectivity index (χ3n) is 6.00. The Labute approximate surface area is 152 Å². The number of benzene rings is 1. The fourth-order valence-electron chi connectivity index (χ4n) is 4.89. The fourth-order valence-corrected chi connectivity index (χ4v) is 4.89. The summed E-state index contributed by atoms with van der Waals surface area (Å²) in [5.74, 6) is 1.13. The summed E-state index contributed by atoms with van der Waals surface area (Å²) in [6.07, 6.45) is 1.21. The molecule has 1 aromatic heterocycles. The summed E-state index contributed by atoms with van der Waals surface area (Å²) in [6, 6.07) is 7.45. The topological polar surface area (TPSA) is 87.5 Å². The molecule has 2 N–H and O–H groups in total. The van der Waals surface area contributed by atoms with E-state index in [1.807, 2.05) is 31.3 Å². The summed E-state index contributed by atoms with van der Waals surface area (Å²) in [7, 11) is 1.81. The van der Waals surface area contributed by atoms with Crippen molar-refractivity contribution in [2.75, 3.05) is 13.1 Å². The van der Waals surface area contributed by atoms with Crippen LogP contribution >= 0.6 is 0 Å². The van der Waals surface area contributed by atoms with Crippen LogP contribution in [-0.4, -0.2) is 50.9 Å². The van der Waals surface area contributed by atoms with Crippen molar-refractivity contribution in [1.82, 2.24) is 20.0 Å². The van der Waals surface area contributed by atoms with Crippen LogP contribution in [-0.2, 0) is 7.05 Å². The van der Waals surface area contributed by atoms with Gasteiger partial charge in [0.1, 0.15) is 0 Å². The van der Waals surface area contributed by atoms with E-state index in [4.69, 9.17) is 0 Å². The number of carbonyl (C=O) groups excluding carboxylic acids is 1. The molecule has 7 heteroatoms. The Bertz CT molecular complexity index is 862. The smallest absolute Gasteiger partial charge is 0.407 e. The van der Waals surface area contributed by atoms with E-state index >= 15 is 0 Å². The van der Waals surface area contributed by atoms with Gasteiger partial charge in [-0.15, -0.1) is 0 Å². The predicted molar refractivity (Wildman–Crippen MR) is 96.9 cm³/mol. The summed E-state index contributed by atoms with van der Waals surface area (Å²) in [5.41, 5.74) is 1.29. The van der Waals surface area contributed by atoms with Gasteiger partial charge in [0, 0.05) is 25.5 Å². The van der Waals surface area contributed by atoms with Gasteiger partial charge in [0.15, 0.2) is 5.69 Å². The highest BCUT2D eigenvalue weighted by atomic mass is 16.4. The van der Waals surface area contributed by atoms with Gasteiger partial charge in [-0.1, -0.05) is 25.1 Å². The molecule has 1 aliphatic heterocycles. The van der Waals surface area contributed by atoms with Gasteiger partial charge in [-0.25, -0.2) is 4.79 Å². The van der Waals surface area contributed by atoms with Gasteiger partial charge in [-0.05, 0) is 36.7 Å². The number of nitrogens with zero attached hydrogens (tertiary/aromatic N) is 3. The quantitative estimate of drug-likeness (QED) is 0.883. The number of likely N-dealkylation sites (tertiary alicyclic amines) is 1. The highest BCUT2D eigenvalue weighted by Crippen LogP contribution is 2.44. The molecule has 2 aromatic rings. The number of rotatable bonds is 3. The molecule has 0 radical (unpaired) electrons. The van der Waals surface area contributed by atoms with E-state index in [-0.39, 0.29) is 11.9 Å². The lowest BCUT2D eigenvalue weighted by Crippen LogP contribution is -2.45. The average molecular weight is 356 g/mol. The number of hydrogen-bond acceptors (Lipinski definition) is 3. The first-order chi connectivity index (χ1) is 12.5. The first-order valence-electron chi connectivity index (χ1n) is 9.15. The molecule has 26 heavy (non-hydrogen) atoms. The molecule has 2 amide bonds. The Hall–Kier alpha value is -2.57. The zero-order valence-electron chi connectivity index (χ0n) is 15.1. The van der Waals surface area contributed by atoms with Crippen LogP contribution in [0.25, 0.3) is 10.9 Å². The van der Waals surface area contributed by atoms with Crippen molar-refractivity contribution in [3.63, 3.8) is 0 Å². The Morgan fingerprint density at radius 2 is 2.08 bits per heavy atom. The van der Waals surface area contributed by atoms with Crippen molar-refractivity contribution in [3.8, 4) is 0 Å². The molecular weight excluding hydrogens is 332 g/mol. The number of aryl methyl sites for hydroxylation is 1. The lowest BCUT2D eigenvalue weighted by molar-refractivity contribution is 0.0920. The normalized spacial score (nSPS) is 27.7. The number of carboxylic acid groups (broad SMARTS) is 1. The van der Waals surface area contributed by atoms with Gasteiger partial charge in [-0.2, -0.15) is 5.10 Å². The van der Waals surface area contributed by atoms with Crippen molar-refractivity contribution in [2.24, 2.45) is 24.8 Å². The van der Waals surface area contributed by atoms with Crippen molar-refractivity contribution in [3.05, 3.63) is 30.0 Å². The van der Waals surface area contributed by atoms with E-state index in [1.165, 1.54) is 4.90 Å². The van der Waals surface area contributed by atoms with Gasteiger partial charge < -0.3 is 15.3 Å². The molecule has 0 spiro atoms. The Balaban J connectivity index is 1.51. The minimum atomic E-state index is -0.894. The highest BCUT2D eigenvalue weighted by molar-refractivity contribution is 6.04. The third kappa shape index (κ3) is 2.71. The van der Waals surface area contributed by atoms with Crippen LogP contribution in [0.5, 0.6) is 0 Å². The molecular formula is C19H24N4O3. The molecule has 4 atom stereocenters. The minimum Gasteiger partial charge on any atom is -0.465 e. The van der Waals surface area contributed by atoms with Gasteiger partial charge >= 0.3 is 6.09 Å². The van der Waals surface area contributed by atoms with E-state index in [1.54, 1.807) is 4.68 Å². The lowest BCUT2D eigenvalue weighted by Gasteiger charge is -2.26. The molecule has 4 rings (SSSR count). The van der Waals surface area contributed by atoms with E-state index in [2.05, 4.69) is 17.3 Å². The Morgan fingerprint density at radius 1 is 1.31 bits per heavy atom. The second-order valence-electron chi connectivity index (χ2n) is 7.70. The number of hydrogen-bond donors (Lipinski definition) is 2. The molecule has 1 aliphatic carbocycles. The fraction of sp³-hybridized carbons (Fsp3) is 0.526. The van der Waals surface area contributed by atoms with Gasteiger partial charge in [0.25, 0.3) is 5.91 Å². The third-order valence-corrected chi connectivity index (χ3v) is 6.00. The summed E-state index contributed by atoms with van der Waals surface area (Å²) in [6.45, 7) is 3.14. The molecule has 1 aromatic carbocycles. The predicted octanol–water partition coefficient (Wildman–Crippen LogP) is 2.33. The molecule has 0 bridgehead atoms. The zero-order valence-corrected chi connectivity index (χ0v) is 15.1. The lowest BCUT2D eigenvalue weighted by atomic mass is 9.94.